The number of amidine groups is 1. The highest BCUT2D eigenvalue weighted by molar-refractivity contribution is 8.14. The molecule has 0 amide bonds. The van der Waals surface area contributed by atoms with Gasteiger partial charge in [-0.1, -0.05) is 23.9 Å². The van der Waals surface area contributed by atoms with Gasteiger partial charge in [0.05, 0.1) is 17.9 Å². The lowest BCUT2D eigenvalue weighted by Crippen LogP contribution is -2.27. The molecule has 1 saturated heterocycles. The molecule has 0 atom stereocenters. The fourth-order valence-electron chi connectivity index (χ4n) is 1.78. The lowest BCUT2D eigenvalue weighted by molar-refractivity contribution is -0.137. The molecule has 1 heterocycles. The monoisotopic (exact) mass is 290 g/mol. The van der Waals surface area contributed by atoms with Crippen molar-refractivity contribution in [1.29, 1.82) is 0 Å². The number of benzene rings is 1. The Hall–Kier alpha value is -1.21. The SMILES string of the molecule is OCCN1CCSC1=Nc1ccccc1C(F)(F)F. The zero-order valence-corrected chi connectivity index (χ0v) is 10.8. The summed E-state index contributed by atoms with van der Waals surface area (Å²) in [4.78, 5) is 5.89. The number of aliphatic imine (C=N–C) groups is 1. The zero-order chi connectivity index (χ0) is 13.9. The quantitative estimate of drug-likeness (QED) is 0.930. The Morgan fingerprint density at radius 1 is 1.32 bits per heavy atom. The topological polar surface area (TPSA) is 35.8 Å². The van der Waals surface area contributed by atoms with Gasteiger partial charge >= 0.3 is 6.18 Å². The van der Waals surface area contributed by atoms with Crippen LogP contribution in [0.1, 0.15) is 5.56 Å². The normalized spacial score (nSPS) is 18.3. The molecule has 0 unspecified atom stereocenters. The van der Waals surface area contributed by atoms with Gasteiger partial charge in [0, 0.05) is 18.8 Å². The van der Waals surface area contributed by atoms with E-state index in [9.17, 15) is 13.2 Å². The molecule has 1 aromatic rings. The molecule has 7 heteroatoms. The molecule has 104 valence electrons. The number of halogens is 3. The van der Waals surface area contributed by atoms with Crippen LogP contribution < -0.4 is 0 Å². The van der Waals surface area contributed by atoms with Crippen molar-refractivity contribution in [2.24, 2.45) is 4.99 Å². The third-order valence-electron chi connectivity index (χ3n) is 2.66. The number of hydrogen-bond acceptors (Lipinski definition) is 3. The molecular formula is C12H13F3N2OS. The van der Waals surface area contributed by atoms with Crippen LogP contribution in [-0.2, 0) is 6.18 Å². The standard InChI is InChI=1S/C12H13F3N2OS/c13-12(14,15)9-3-1-2-4-10(9)16-11-17(5-7-18)6-8-19-11/h1-4,18H,5-8H2. The van der Waals surface area contributed by atoms with E-state index < -0.39 is 11.7 Å². The summed E-state index contributed by atoms with van der Waals surface area (Å²) in [5.74, 6) is 0.771. The van der Waals surface area contributed by atoms with Crippen molar-refractivity contribution < 1.29 is 18.3 Å². The molecule has 0 spiro atoms. The molecule has 1 aromatic carbocycles. The number of thioether (sulfide) groups is 1. The maximum atomic E-state index is 12.8. The minimum absolute atomic E-state index is 0.0412. The van der Waals surface area contributed by atoms with E-state index in [2.05, 4.69) is 4.99 Å². The third kappa shape index (κ3) is 3.42. The van der Waals surface area contributed by atoms with Gasteiger partial charge in [-0.15, -0.1) is 0 Å². The van der Waals surface area contributed by atoms with E-state index in [-0.39, 0.29) is 12.3 Å². The maximum Gasteiger partial charge on any atom is 0.418 e. The van der Waals surface area contributed by atoms with Crippen molar-refractivity contribution in [3.05, 3.63) is 29.8 Å². The first-order chi connectivity index (χ1) is 9.02. The van der Waals surface area contributed by atoms with Crippen LogP contribution in [0.3, 0.4) is 0 Å². The lowest BCUT2D eigenvalue weighted by atomic mass is 10.2. The number of para-hydroxylation sites is 1. The average molecular weight is 290 g/mol. The number of rotatable bonds is 3. The minimum atomic E-state index is -4.41. The summed E-state index contributed by atoms with van der Waals surface area (Å²) in [6.45, 7) is 1.04. The molecule has 0 saturated carbocycles. The second-order valence-corrected chi connectivity index (χ2v) is 5.03. The number of nitrogens with zero attached hydrogens (tertiary/aromatic N) is 2. The van der Waals surface area contributed by atoms with Gasteiger partial charge < -0.3 is 10.0 Å². The first-order valence-corrected chi connectivity index (χ1v) is 6.74. The largest absolute Gasteiger partial charge is 0.418 e. The Kier molecular flexibility index (Phi) is 4.36. The van der Waals surface area contributed by atoms with E-state index in [0.717, 1.165) is 11.8 Å². The maximum absolute atomic E-state index is 12.8. The summed E-state index contributed by atoms with van der Waals surface area (Å²) in [5, 5.41) is 9.44. The van der Waals surface area contributed by atoms with Gasteiger partial charge in [-0.3, -0.25) is 0 Å². The molecule has 0 aromatic heterocycles. The van der Waals surface area contributed by atoms with Crippen molar-refractivity contribution in [3.8, 4) is 0 Å². The van der Waals surface area contributed by atoms with Crippen molar-refractivity contribution in [1.82, 2.24) is 4.90 Å². The van der Waals surface area contributed by atoms with Gasteiger partial charge in [-0.2, -0.15) is 13.2 Å². The fraction of sp³-hybridized carbons (Fsp3) is 0.417. The highest BCUT2D eigenvalue weighted by Gasteiger charge is 2.33. The molecule has 0 bridgehead atoms. The molecule has 2 rings (SSSR count). The molecule has 1 aliphatic rings. The highest BCUT2D eigenvalue weighted by Crippen LogP contribution is 2.37. The molecule has 1 aliphatic heterocycles. The summed E-state index contributed by atoms with van der Waals surface area (Å²) in [5.41, 5.74) is -0.818. The summed E-state index contributed by atoms with van der Waals surface area (Å²) < 4.78 is 38.5. The molecule has 0 aliphatic carbocycles. The van der Waals surface area contributed by atoms with E-state index in [1.165, 1.54) is 30.0 Å². The smallest absolute Gasteiger partial charge is 0.395 e. The van der Waals surface area contributed by atoms with Crippen LogP contribution in [0.4, 0.5) is 18.9 Å². The molecule has 19 heavy (non-hydrogen) atoms. The fourth-order valence-corrected chi connectivity index (χ4v) is 2.80. The number of alkyl halides is 3. The number of aliphatic hydroxyl groups excluding tert-OH is 1. The summed E-state index contributed by atoms with van der Waals surface area (Å²) in [6, 6.07) is 5.26. The van der Waals surface area contributed by atoms with Gasteiger partial charge in [0.2, 0.25) is 0 Å². The van der Waals surface area contributed by atoms with Crippen LogP contribution >= 0.6 is 11.8 Å². The van der Waals surface area contributed by atoms with Gasteiger partial charge in [-0.05, 0) is 12.1 Å². The molecule has 3 nitrogen and oxygen atoms in total. The molecular weight excluding hydrogens is 277 g/mol. The Labute approximate surface area is 113 Å². The van der Waals surface area contributed by atoms with Crippen LogP contribution in [0, 0.1) is 0 Å². The predicted molar refractivity (Wildman–Crippen MR) is 69.7 cm³/mol. The van der Waals surface area contributed by atoms with Crippen LogP contribution in [0.2, 0.25) is 0 Å². The first-order valence-electron chi connectivity index (χ1n) is 5.76. The number of hydrogen-bond donors (Lipinski definition) is 1. The Morgan fingerprint density at radius 2 is 2.05 bits per heavy atom. The van der Waals surface area contributed by atoms with Crippen LogP contribution in [0.5, 0.6) is 0 Å². The molecule has 1 N–H and O–H groups in total. The molecule has 0 radical (unpaired) electrons. The predicted octanol–water partition coefficient (Wildman–Crippen LogP) is 2.73. The zero-order valence-electron chi connectivity index (χ0n) is 10.0. The van der Waals surface area contributed by atoms with E-state index in [1.54, 1.807) is 4.90 Å². The lowest BCUT2D eigenvalue weighted by Gasteiger charge is -2.17. The summed E-state index contributed by atoms with van der Waals surface area (Å²) >= 11 is 1.40. The second kappa shape index (κ2) is 5.83. The van der Waals surface area contributed by atoms with Crippen molar-refractivity contribution in [2.45, 2.75) is 6.18 Å². The van der Waals surface area contributed by atoms with Gasteiger partial charge in [0.15, 0.2) is 5.17 Å². The summed E-state index contributed by atoms with van der Waals surface area (Å²) in [6.07, 6.45) is -4.41. The van der Waals surface area contributed by atoms with Crippen LogP contribution in [0.15, 0.2) is 29.3 Å². The molecule has 1 fully saturated rings. The third-order valence-corrected chi connectivity index (χ3v) is 3.65. The average Bonchev–Trinajstić information content (AvgIpc) is 2.77. The van der Waals surface area contributed by atoms with Crippen LogP contribution in [-0.4, -0.2) is 40.6 Å². The van der Waals surface area contributed by atoms with E-state index in [1.807, 2.05) is 0 Å². The highest BCUT2D eigenvalue weighted by atomic mass is 32.2. The van der Waals surface area contributed by atoms with Crippen LogP contribution in [0.25, 0.3) is 0 Å². The minimum Gasteiger partial charge on any atom is -0.395 e. The number of β-amino-alcohol motifs (C(OH)–C–C–N with tert-alkyl or cyclic N) is 1. The second-order valence-electron chi connectivity index (χ2n) is 3.97. The Morgan fingerprint density at radius 3 is 2.74 bits per heavy atom. The van der Waals surface area contributed by atoms with Gasteiger partial charge in [0.25, 0.3) is 0 Å². The van der Waals surface area contributed by atoms with Crippen molar-refractivity contribution in [3.63, 3.8) is 0 Å². The van der Waals surface area contributed by atoms with Gasteiger partial charge in [0.1, 0.15) is 0 Å². The van der Waals surface area contributed by atoms with Crippen molar-refractivity contribution in [2.75, 3.05) is 25.4 Å². The first kappa shape index (κ1) is 14.2. The Balaban J connectivity index is 2.32. The van der Waals surface area contributed by atoms with E-state index in [4.69, 9.17) is 5.11 Å². The van der Waals surface area contributed by atoms with Crippen molar-refractivity contribution >= 4 is 22.6 Å². The Bertz CT molecular complexity index is 476. The van der Waals surface area contributed by atoms with E-state index in [0.29, 0.717) is 18.3 Å². The van der Waals surface area contributed by atoms with E-state index >= 15 is 0 Å². The van der Waals surface area contributed by atoms with Gasteiger partial charge in [-0.25, -0.2) is 4.99 Å². The number of aliphatic hydroxyl groups is 1. The summed E-state index contributed by atoms with van der Waals surface area (Å²) in [7, 11) is 0.